The molecule has 0 bridgehead atoms. The first kappa shape index (κ1) is 16.4. The van der Waals surface area contributed by atoms with Crippen LogP contribution in [0.15, 0.2) is 41.6 Å². The van der Waals surface area contributed by atoms with Crippen molar-refractivity contribution in [2.24, 2.45) is 5.16 Å². The molecule has 1 N–H and O–H groups in total. The van der Waals surface area contributed by atoms with Crippen molar-refractivity contribution in [3.05, 3.63) is 53.1 Å². The molecular formula is C17H17NO5. The maximum Gasteiger partial charge on any atom is 0.365 e. The quantitative estimate of drug-likeness (QED) is 0.521. The molecule has 0 aliphatic carbocycles. The minimum Gasteiger partial charge on any atom is -0.502 e. The lowest BCUT2D eigenvalue weighted by Gasteiger charge is -2.08. The third-order valence-corrected chi connectivity index (χ3v) is 3.09. The van der Waals surface area contributed by atoms with Crippen molar-refractivity contribution < 1.29 is 24.2 Å². The topological polar surface area (TPSA) is 77.4 Å². The van der Waals surface area contributed by atoms with Crippen molar-refractivity contribution in [1.82, 2.24) is 0 Å². The van der Waals surface area contributed by atoms with Gasteiger partial charge in [0.2, 0.25) is 5.75 Å². The van der Waals surface area contributed by atoms with E-state index in [1.54, 1.807) is 30.3 Å². The van der Waals surface area contributed by atoms with Gasteiger partial charge >= 0.3 is 5.97 Å². The average Bonchev–Trinajstić information content (AvgIpc) is 2.55. The number of carbonyl (C=O) groups excluding carboxylic acids is 1. The van der Waals surface area contributed by atoms with Gasteiger partial charge in [0.25, 0.3) is 0 Å². The molecule has 0 spiro atoms. The van der Waals surface area contributed by atoms with Crippen molar-refractivity contribution in [2.75, 3.05) is 14.2 Å². The molecule has 2 rings (SSSR count). The number of phenols is 1. The summed E-state index contributed by atoms with van der Waals surface area (Å²) in [5.74, 6) is -0.196. The standard InChI is InChI=1S/C17H17NO5/c1-11-5-4-6-13(7-11)17(20)23-18-10-12-8-14(21-2)16(19)15(9-12)22-3/h4-10,19H,1-3H3/b18-10+. The lowest BCUT2D eigenvalue weighted by atomic mass is 10.1. The molecule has 0 aliphatic heterocycles. The van der Waals surface area contributed by atoms with Crippen molar-refractivity contribution in [3.63, 3.8) is 0 Å². The monoisotopic (exact) mass is 315 g/mol. The van der Waals surface area contributed by atoms with Crippen LogP contribution in [0.5, 0.6) is 17.2 Å². The van der Waals surface area contributed by atoms with Crippen LogP contribution in [-0.2, 0) is 4.84 Å². The molecule has 0 saturated heterocycles. The molecule has 0 unspecified atom stereocenters. The fourth-order valence-electron chi connectivity index (χ4n) is 1.95. The van der Waals surface area contributed by atoms with E-state index in [0.29, 0.717) is 11.1 Å². The lowest BCUT2D eigenvalue weighted by molar-refractivity contribution is 0.0519. The predicted molar refractivity (Wildman–Crippen MR) is 85.4 cm³/mol. The van der Waals surface area contributed by atoms with Crippen LogP contribution in [-0.4, -0.2) is 31.5 Å². The van der Waals surface area contributed by atoms with E-state index in [-0.39, 0.29) is 17.2 Å². The molecule has 0 radical (unpaired) electrons. The number of rotatable bonds is 5. The van der Waals surface area contributed by atoms with Crippen LogP contribution >= 0.6 is 0 Å². The minimum atomic E-state index is -0.553. The summed E-state index contributed by atoms with van der Waals surface area (Å²) in [5.41, 5.74) is 1.92. The normalized spacial score (nSPS) is 10.6. The SMILES string of the molecule is COc1cc(/C=N/OC(=O)c2cccc(C)c2)cc(OC)c1O. The number of carbonyl (C=O) groups is 1. The van der Waals surface area contributed by atoms with Gasteiger partial charge < -0.3 is 19.4 Å². The van der Waals surface area contributed by atoms with E-state index in [9.17, 15) is 9.90 Å². The Balaban J connectivity index is 2.13. The number of hydrogen-bond donors (Lipinski definition) is 1. The first-order chi connectivity index (χ1) is 11.0. The molecule has 0 saturated carbocycles. The number of aryl methyl sites for hydroxylation is 1. The number of oxime groups is 1. The third-order valence-electron chi connectivity index (χ3n) is 3.09. The number of nitrogens with zero attached hydrogens (tertiary/aromatic N) is 1. The summed E-state index contributed by atoms with van der Waals surface area (Å²) in [6.45, 7) is 1.88. The van der Waals surface area contributed by atoms with Crippen LogP contribution in [0.4, 0.5) is 0 Å². The van der Waals surface area contributed by atoms with Gasteiger partial charge in [0, 0.05) is 5.56 Å². The van der Waals surface area contributed by atoms with E-state index in [1.807, 2.05) is 13.0 Å². The van der Waals surface area contributed by atoms with Gasteiger partial charge in [0.15, 0.2) is 11.5 Å². The highest BCUT2D eigenvalue weighted by atomic mass is 16.7. The second-order valence-electron chi connectivity index (χ2n) is 4.76. The molecule has 0 aliphatic rings. The van der Waals surface area contributed by atoms with E-state index < -0.39 is 5.97 Å². The molecule has 120 valence electrons. The molecular weight excluding hydrogens is 298 g/mol. The van der Waals surface area contributed by atoms with Crippen molar-refractivity contribution in [3.8, 4) is 17.2 Å². The van der Waals surface area contributed by atoms with Crippen LogP contribution in [0, 0.1) is 6.92 Å². The Morgan fingerprint density at radius 1 is 1.13 bits per heavy atom. The molecule has 0 fully saturated rings. The average molecular weight is 315 g/mol. The van der Waals surface area contributed by atoms with Crippen LogP contribution in [0.3, 0.4) is 0 Å². The molecule has 0 aromatic heterocycles. The highest BCUT2D eigenvalue weighted by Gasteiger charge is 2.11. The maximum atomic E-state index is 11.9. The summed E-state index contributed by atoms with van der Waals surface area (Å²) in [5, 5.41) is 13.5. The molecule has 2 aromatic carbocycles. The van der Waals surface area contributed by atoms with Gasteiger partial charge in [-0.1, -0.05) is 22.9 Å². The second kappa shape index (κ2) is 7.31. The Morgan fingerprint density at radius 2 is 1.78 bits per heavy atom. The van der Waals surface area contributed by atoms with Gasteiger partial charge in [-0.2, -0.15) is 0 Å². The van der Waals surface area contributed by atoms with E-state index in [0.717, 1.165) is 5.56 Å². The van der Waals surface area contributed by atoms with Crippen LogP contribution in [0.25, 0.3) is 0 Å². The lowest BCUT2D eigenvalue weighted by Crippen LogP contribution is -2.01. The molecule has 23 heavy (non-hydrogen) atoms. The summed E-state index contributed by atoms with van der Waals surface area (Å²) in [4.78, 5) is 16.7. The van der Waals surface area contributed by atoms with Crippen molar-refractivity contribution >= 4 is 12.2 Å². The molecule has 6 heteroatoms. The number of phenolic OH excluding ortho intramolecular Hbond substituents is 1. The fourth-order valence-corrected chi connectivity index (χ4v) is 1.95. The molecule has 2 aromatic rings. The molecule has 6 nitrogen and oxygen atoms in total. The summed E-state index contributed by atoms with van der Waals surface area (Å²) < 4.78 is 10.1. The zero-order chi connectivity index (χ0) is 16.8. The molecule has 0 atom stereocenters. The highest BCUT2D eigenvalue weighted by molar-refractivity contribution is 5.90. The Morgan fingerprint density at radius 3 is 2.35 bits per heavy atom. The number of aromatic hydroxyl groups is 1. The number of benzene rings is 2. The summed E-state index contributed by atoms with van der Waals surface area (Å²) in [6, 6.07) is 10.1. The van der Waals surface area contributed by atoms with Crippen molar-refractivity contribution in [1.29, 1.82) is 0 Å². The molecule has 0 amide bonds. The minimum absolute atomic E-state index is 0.107. The first-order valence-electron chi connectivity index (χ1n) is 6.81. The third kappa shape index (κ3) is 4.00. The summed E-state index contributed by atoms with van der Waals surface area (Å²) in [6.07, 6.45) is 1.33. The van der Waals surface area contributed by atoms with E-state index >= 15 is 0 Å². The van der Waals surface area contributed by atoms with Crippen LogP contribution < -0.4 is 9.47 Å². The van der Waals surface area contributed by atoms with Gasteiger partial charge in [0.1, 0.15) is 0 Å². The van der Waals surface area contributed by atoms with Gasteiger partial charge in [-0.3, -0.25) is 0 Å². The summed E-state index contributed by atoms with van der Waals surface area (Å²) >= 11 is 0. The summed E-state index contributed by atoms with van der Waals surface area (Å²) in [7, 11) is 2.85. The Kier molecular flexibility index (Phi) is 5.19. The number of methoxy groups -OCH3 is 2. The van der Waals surface area contributed by atoms with Gasteiger partial charge in [-0.05, 0) is 31.2 Å². The van der Waals surface area contributed by atoms with E-state index in [4.69, 9.17) is 14.3 Å². The highest BCUT2D eigenvalue weighted by Crippen LogP contribution is 2.36. The van der Waals surface area contributed by atoms with E-state index in [1.165, 1.54) is 20.4 Å². The van der Waals surface area contributed by atoms with Crippen LogP contribution in [0.2, 0.25) is 0 Å². The van der Waals surface area contributed by atoms with Crippen molar-refractivity contribution in [2.45, 2.75) is 6.92 Å². The van der Waals surface area contributed by atoms with Crippen LogP contribution in [0.1, 0.15) is 21.5 Å². The largest absolute Gasteiger partial charge is 0.502 e. The van der Waals surface area contributed by atoms with Gasteiger partial charge in [-0.25, -0.2) is 4.79 Å². The van der Waals surface area contributed by atoms with Gasteiger partial charge in [0.05, 0.1) is 26.0 Å². The Labute approximate surface area is 133 Å². The van der Waals surface area contributed by atoms with Gasteiger partial charge in [-0.15, -0.1) is 0 Å². The Hall–Kier alpha value is -3.02. The smallest absolute Gasteiger partial charge is 0.365 e. The maximum absolute atomic E-state index is 11.9. The first-order valence-corrected chi connectivity index (χ1v) is 6.81. The number of hydrogen-bond acceptors (Lipinski definition) is 6. The second-order valence-corrected chi connectivity index (χ2v) is 4.76. The number of ether oxygens (including phenoxy) is 2. The predicted octanol–water partition coefficient (Wildman–Crippen LogP) is 2.91. The zero-order valence-corrected chi connectivity index (χ0v) is 13.1. The Bertz CT molecular complexity index is 715. The molecule has 0 heterocycles. The zero-order valence-electron chi connectivity index (χ0n) is 13.1. The van der Waals surface area contributed by atoms with E-state index in [2.05, 4.69) is 5.16 Å². The fraction of sp³-hybridized carbons (Fsp3) is 0.176.